The minimum absolute atomic E-state index is 0.869. The van der Waals surface area contributed by atoms with Crippen molar-refractivity contribution in [1.82, 2.24) is 14.4 Å². The summed E-state index contributed by atoms with van der Waals surface area (Å²) in [4.78, 5) is 9.04. The fourth-order valence-electron chi connectivity index (χ4n) is 1.76. The third-order valence-electron chi connectivity index (χ3n) is 2.59. The van der Waals surface area contributed by atoms with Crippen LogP contribution in [-0.2, 0) is 5.75 Å². The van der Waals surface area contributed by atoms with Crippen molar-refractivity contribution in [1.29, 1.82) is 0 Å². The van der Waals surface area contributed by atoms with Crippen LogP contribution in [0.15, 0.2) is 34.2 Å². The molecular weight excluding hydrogens is 262 g/mol. The minimum Gasteiger partial charge on any atom is -0.307 e. The monoisotopic (exact) mass is 275 g/mol. The zero-order chi connectivity index (χ0) is 12.5. The van der Waals surface area contributed by atoms with Crippen molar-refractivity contribution >= 4 is 28.7 Å². The highest BCUT2D eigenvalue weighted by Crippen LogP contribution is 2.25. The average Bonchev–Trinajstić information content (AvgIpc) is 2.92. The molecule has 3 nitrogen and oxygen atoms in total. The van der Waals surface area contributed by atoms with Crippen molar-refractivity contribution in [3.8, 4) is 0 Å². The van der Waals surface area contributed by atoms with Gasteiger partial charge in [0.1, 0.15) is 9.99 Å². The predicted molar refractivity (Wildman–Crippen MR) is 76.3 cm³/mol. The van der Waals surface area contributed by atoms with Crippen LogP contribution in [0.1, 0.15) is 17.0 Å². The molecule has 0 bridgehead atoms. The third kappa shape index (κ3) is 2.42. The predicted octanol–water partition coefficient (Wildman–Crippen LogP) is 3.70. The van der Waals surface area contributed by atoms with E-state index < -0.39 is 0 Å². The van der Waals surface area contributed by atoms with Crippen LogP contribution >= 0.6 is 23.1 Å². The lowest BCUT2D eigenvalue weighted by molar-refractivity contribution is 1.15. The number of thiazole rings is 1. The summed E-state index contributed by atoms with van der Waals surface area (Å²) in [5.41, 5.74) is 4.44. The van der Waals surface area contributed by atoms with Crippen molar-refractivity contribution in [3.05, 3.63) is 46.9 Å². The molecule has 5 heteroatoms. The number of hydrogen-bond donors (Lipinski definition) is 0. The molecule has 0 saturated heterocycles. The summed E-state index contributed by atoms with van der Waals surface area (Å²) < 4.78 is 3.19. The molecule has 0 spiro atoms. The van der Waals surface area contributed by atoms with Crippen LogP contribution in [0.25, 0.3) is 5.65 Å². The Bertz CT molecular complexity index is 684. The average molecular weight is 275 g/mol. The first kappa shape index (κ1) is 11.7. The van der Waals surface area contributed by atoms with Crippen LogP contribution in [0.3, 0.4) is 0 Å². The van der Waals surface area contributed by atoms with E-state index >= 15 is 0 Å². The Morgan fingerprint density at radius 3 is 2.89 bits per heavy atom. The largest absolute Gasteiger partial charge is 0.307 e. The van der Waals surface area contributed by atoms with Gasteiger partial charge >= 0.3 is 0 Å². The Kier molecular flexibility index (Phi) is 3.09. The van der Waals surface area contributed by atoms with Crippen molar-refractivity contribution in [2.45, 2.75) is 23.9 Å². The lowest BCUT2D eigenvalue weighted by Crippen LogP contribution is -1.82. The van der Waals surface area contributed by atoms with Crippen LogP contribution in [0.4, 0.5) is 0 Å². The molecule has 3 rings (SSSR count). The molecule has 0 unspecified atom stereocenters. The Labute approximate surface area is 114 Å². The molecule has 92 valence electrons. The molecule has 0 N–H and O–H groups in total. The van der Waals surface area contributed by atoms with E-state index in [2.05, 4.69) is 51.2 Å². The quantitative estimate of drug-likeness (QED) is 0.683. The van der Waals surface area contributed by atoms with Crippen LogP contribution < -0.4 is 0 Å². The lowest BCUT2D eigenvalue weighted by Gasteiger charge is -1.93. The Morgan fingerprint density at radius 1 is 1.22 bits per heavy atom. The molecule has 3 aromatic rings. The van der Waals surface area contributed by atoms with Gasteiger partial charge in [0.2, 0.25) is 0 Å². The SMILES string of the molecule is Cc1ccc2nc(CSc3nc(C)cs3)cn2c1. The topological polar surface area (TPSA) is 30.2 Å². The molecule has 0 amide bonds. The zero-order valence-corrected chi connectivity index (χ0v) is 11.9. The summed E-state index contributed by atoms with van der Waals surface area (Å²) in [5.74, 6) is 0.869. The first-order valence-electron chi connectivity index (χ1n) is 5.70. The Morgan fingerprint density at radius 2 is 2.11 bits per heavy atom. The van der Waals surface area contributed by atoms with Crippen molar-refractivity contribution in [2.75, 3.05) is 0 Å². The molecule has 0 aliphatic rings. The smallest absolute Gasteiger partial charge is 0.150 e. The van der Waals surface area contributed by atoms with E-state index in [1.165, 1.54) is 5.56 Å². The van der Waals surface area contributed by atoms with Gasteiger partial charge < -0.3 is 4.40 Å². The highest BCUT2D eigenvalue weighted by molar-refractivity contribution is 8.00. The highest BCUT2D eigenvalue weighted by atomic mass is 32.2. The number of aromatic nitrogens is 3. The molecule has 3 heterocycles. The summed E-state index contributed by atoms with van der Waals surface area (Å²) in [7, 11) is 0. The van der Waals surface area contributed by atoms with Gasteiger partial charge in [-0.15, -0.1) is 11.3 Å². The van der Waals surface area contributed by atoms with Gasteiger partial charge in [-0.1, -0.05) is 17.8 Å². The van der Waals surface area contributed by atoms with Gasteiger partial charge in [0.15, 0.2) is 0 Å². The van der Waals surface area contributed by atoms with Gasteiger partial charge in [-0.3, -0.25) is 0 Å². The molecular formula is C13H13N3S2. The molecule has 0 saturated carbocycles. The summed E-state index contributed by atoms with van der Waals surface area (Å²) in [5, 5.41) is 2.08. The molecule has 0 aliphatic carbocycles. The standard InChI is InChI=1S/C13H13N3S2/c1-9-3-4-12-15-11(6-16(12)5-9)8-18-13-14-10(2)7-17-13/h3-7H,8H2,1-2H3. The number of fused-ring (bicyclic) bond motifs is 1. The van der Waals surface area contributed by atoms with Crippen LogP contribution in [-0.4, -0.2) is 14.4 Å². The number of hydrogen-bond acceptors (Lipinski definition) is 4. The van der Waals surface area contributed by atoms with E-state index in [-0.39, 0.29) is 0 Å². The molecule has 0 radical (unpaired) electrons. The first-order chi connectivity index (χ1) is 8.70. The molecule has 18 heavy (non-hydrogen) atoms. The molecule has 0 fully saturated rings. The van der Waals surface area contributed by atoms with Crippen molar-refractivity contribution in [2.24, 2.45) is 0 Å². The maximum absolute atomic E-state index is 4.59. The van der Waals surface area contributed by atoms with E-state index in [9.17, 15) is 0 Å². The molecule has 0 aliphatic heterocycles. The first-order valence-corrected chi connectivity index (χ1v) is 7.56. The van der Waals surface area contributed by atoms with E-state index in [0.29, 0.717) is 0 Å². The second-order valence-corrected chi connectivity index (χ2v) is 6.33. The van der Waals surface area contributed by atoms with Crippen LogP contribution in [0.2, 0.25) is 0 Å². The van der Waals surface area contributed by atoms with E-state index in [0.717, 1.165) is 27.1 Å². The normalized spacial score (nSPS) is 11.2. The minimum atomic E-state index is 0.869. The summed E-state index contributed by atoms with van der Waals surface area (Å²) in [6, 6.07) is 4.14. The highest BCUT2D eigenvalue weighted by Gasteiger charge is 2.04. The molecule has 3 aromatic heterocycles. The van der Waals surface area contributed by atoms with Crippen LogP contribution in [0, 0.1) is 13.8 Å². The van der Waals surface area contributed by atoms with Gasteiger partial charge in [0.05, 0.1) is 5.69 Å². The Balaban J connectivity index is 1.78. The number of nitrogens with zero attached hydrogens (tertiary/aromatic N) is 3. The summed E-state index contributed by atoms with van der Waals surface area (Å²) in [6.07, 6.45) is 4.19. The third-order valence-corrected chi connectivity index (χ3v) is 4.76. The van der Waals surface area contributed by atoms with Gasteiger partial charge in [0.25, 0.3) is 0 Å². The van der Waals surface area contributed by atoms with Crippen LogP contribution in [0.5, 0.6) is 0 Å². The van der Waals surface area contributed by atoms with Gasteiger partial charge in [-0.25, -0.2) is 9.97 Å². The maximum atomic E-state index is 4.59. The summed E-state index contributed by atoms with van der Waals surface area (Å²) in [6.45, 7) is 4.11. The Hall–Kier alpha value is -1.33. The second-order valence-electron chi connectivity index (χ2n) is 4.25. The fourth-order valence-corrected chi connectivity index (χ4v) is 3.49. The van der Waals surface area contributed by atoms with Crippen molar-refractivity contribution in [3.63, 3.8) is 0 Å². The van der Waals surface area contributed by atoms with Crippen molar-refractivity contribution < 1.29 is 0 Å². The number of pyridine rings is 1. The number of imidazole rings is 1. The van der Waals surface area contributed by atoms with E-state index in [1.54, 1.807) is 23.1 Å². The molecule has 0 atom stereocenters. The van der Waals surface area contributed by atoms with Gasteiger partial charge in [-0.2, -0.15) is 0 Å². The number of aryl methyl sites for hydroxylation is 2. The maximum Gasteiger partial charge on any atom is 0.150 e. The zero-order valence-electron chi connectivity index (χ0n) is 10.3. The van der Waals surface area contributed by atoms with E-state index in [1.807, 2.05) is 6.92 Å². The second kappa shape index (κ2) is 4.74. The number of rotatable bonds is 3. The number of thioether (sulfide) groups is 1. The summed E-state index contributed by atoms with van der Waals surface area (Å²) >= 11 is 3.44. The fraction of sp³-hybridized carbons (Fsp3) is 0.231. The lowest BCUT2D eigenvalue weighted by atomic mass is 10.3. The van der Waals surface area contributed by atoms with Gasteiger partial charge in [-0.05, 0) is 25.5 Å². The van der Waals surface area contributed by atoms with Gasteiger partial charge in [0, 0.05) is 29.2 Å². The molecule has 0 aromatic carbocycles. The van der Waals surface area contributed by atoms with E-state index in [4.69, 9.17) is 0 Å².